The molecule has 0 radical (unpaired) electrons. The van der Waals surface area contributed by atoms with Crippen LogP contribution in [0.2, 0.25) is 0 Å². The minimum absolute atomic E-state index is 0.181. The van der Waals surface area contributed by atoms with Crippen molar-refractivity contribution < 1.29 is 9.59 Å². The van der Waals surface area contributed by atoms with E-state index >= 15 is 0 Å². The normalized spacial score (nSPS) is 36.9. The van der Waals surface area contributed by atoms with Gasteiger partial charge in [-0.1, -0.05) is 0 Å². The molecule has 6 N–H and O–H groups in total. The zero-order valence-corrected chi connectivity index (χ0v) is 9.22. The average molecular weight is 252 g/mol. The quantitative estimate of drug-likeness (QED) is 0.370. The van der Waals surface area contributed by atoms with E-state index in [0.717, 1.165) is 0 Å². The number of aliphatic imine (C=N–C) groups is 2. The van der Waals surface area contributed by atoms with E-state index in [1.807, 2.05) is 0 Å². The summed E-state index contributed by atoms with van der Waals surface area (Å²) in [6.45, 7) is 0. The maximum absolute atomic E-state index is 11.2. The molecule has 10 nitrogen and oxygen atoms in total. The zero-order valence-electron chi connectivity index (χ0n) is 9.22. The molecule has 0 aromatic heterocycles. The van der Waals surface area contributed by atoms with Crippen molar-refractivity contribution in [2.75, 3.05) is 0 Å². The molecule has 10 heteroatoms. The van der Waals surface area contributed by atoms with Crippen LogP contribution >= 0.6 is 0 Å². The Morgan fingerprint density at radius 3 is 1.78 bits per heavy atom. The van der Waals surface area contributed by atoms with Crippen LogP contribution in [-0.4, -0.2) is 59.2 Å². The fourth-order valence-electron chi connectivity index (χ4n) is 2.45. The Kier molecular flexibility index (Phi) is 2.06. The van der Waals surface area contributed by atoms with Crippen molar-refractivity contribution in [2.24, 2.45) is 21.5 Å². The van der Waals surface area contributed by atoms with Crippen molar-refractivity contribution in [1.29, 1.82) is 0 Å². The Morgan fingerprint density at radius 1 is 0.944 bits per heavy atom. The van der Waals surface area contributed by atoms with Gasteiger partial charge in [-0.15, -0.1) is 0 Å². The van der Waals surface area contributed by atoms with Crippen molar-refractivity contribution in [3.05, 3.63) is 0 Å². The number of carbonyl (C=O) groups excluding carboxylic acids is 2. The van der Waals surface area contributed by atoms with Gasteiger partial charge in [0.05, 0.1) is 0 Å². The topological polar surface area (TPSA) is 141 Å². The number of guanidine groups is 2. The van der Waals surface area contributed by atoms with Gasteiger partial charge in [-0.05, 0) is 0 Å². The number of piperazine rings is 1. The van der Waals surface area contributed by atoms with Gasteiger partial charge in [0.25, 0.3) is 0 Å². The molecule has 96 valence electrons. The van der Waals surface area contributed by atoms with Crippen molar-refractivity contribution >= 4 is 24.7 Å². The van der Waals surface area contributed by atoms with Gasteiger partial charge in [-0.3, -0.25) is 19.4 Å². The lowest BCUT2D eigenvalue weighted by Gasteiger charge is -2.45. The molecular weight excluding hydrogens is 240 g/mol. The summed E-state index contributed by atoms with van der Waals surface area (Å²) in [4.78, 5) is 33.4. The highest BCUT2D eigenvalue weighted by Gasteiger charge is 2.52. The van der Waals surface area contributed by atoms with E-state index in [1.165, 1.54) is 9.80 Å². The molecule has 2 amide bonds. The molecule has 3 heterocycles. The molecule has 3 aliphatic rings. The first kappa shape index (κ1) is 10.6. The monoisotopic (exact) mass is 252 g/mol. The van der Waals surface area contributed by atoms with Crippen LogP contribution in [-0.2, 0) is 9.59 Å². The van der Waals surface area contributed by atoms with E-state index in [0.29, 0.717) is 12.8 Å². The summed E-state index contributed by atoms with van der Waals surface area (Å²) in [6.07, 6.45) is -0.925. The Morgan fingerprint density at radius 2 is 1.39 bits per heavy atom. The Hall–Kier alpha value is -2.52. The van der Waals surface area contributed by atoms with Crippen molar-refractivity contribution in [2.45, 2.75) is 24.7 Å². The lowest BCUT2D eigenvalue weighted by Crippen LogP contribution is -2.70. The van der Waals surface area contributed by atoms with Gasteiger partial charge in [0.1, 0.15) is 12.3 Å². The third kappa shape index (κ3) is 1.22. The summed E-state index contributed by atoms with van der Waals surface area (Å²) in [5.41, 5.74) is 11.2. The van der Waals surface area contributed by atoms with E-state index in [1.54, 1.807) is 0 Å². The Balaban J connectivity index is 2.01. The van der Waals surface area contributed by atoms with E-state index < -0.39 is 24.7 Å². The lowest BCUT2D eigenvalue weighted by atomic mass is 10.1. The molecule has 1 saturated heterocycles. The molecule has 0 saturated carbocycles. The summed E-state index contributed by atoms with van der Waals surface area (Å²) in [5, 5.41) is 5.68. The van der Waals surface area contributed by atoms with Gasteiger partial charge in [-0.25, -0.2) is 9.98 Å². The SMILES string of the molecule is NC1=NC2C(N1)N(C=O)C1NC(N)=NC1N2C=O. The highest BCUT2D eigenvalue weighted by atomic mass is 16.1. The summed E-state index contributed by atoms with van der Waals surface area (Å²) in [6, 6.07) is 0. The number of nitrogens with zero attached hydrogens (tertiary/aromatic N) is 4. The number of hydrogen-bond donors (Lipinski definition) is 4. The highest BCUT2D eigenvalue weighted by molar-refractivity contribution is 5.83. The van der Waals surface area contributed by atoms with Crippen LogP contribution in [0.3, 0.4) is 0 Å². The summed E-state index contributed by atoms with van der Waals surface area (Å²) < 4.78 is 0. The van der Waals surface area contributed by atoms with Gasteiger partial charge in [-0.2, -0.15) is 0 Å². The second-order valence-corrected chi connectivity index (χ2v) is 4.14. The number of nitrogens with one attached hydrogen (secondary N) is 2. The van der Waals surface area contributed by atoms with E-state index in [9.17, 15) is 9.59 Å². The fraction of sp³-hybridized carbons (Fsp3) is 0.500. The molecular formula is C8H12N8O2. The standard InChI is InChI=1S/C8H12N8O2/c9-7-11-3-5(13-7)16(2-18)6-4(15(3)1-17)12-8(10)14-6/h1-6H,(H3,9,11,13)(H3,10,12,14). The first-order valence-electron chi connectivity index (χ1n) is 5.31. The number of hydrogen-bond acceptors (Lipinski definition) is 8. The van der Waals surface area contributed by atoms with Gasteiger partial charge in [0.2, 0.25) is 12.8 Å². The van der Waals surface area contributed by atoms with Gasteiger partial charge in [0.15, 0.2) is 24.3 Å². The second kappa shape index (κ2) is 3.48. The average Bonchev–Trinajstić information content (AvgIpc) is 2.87. The maximum Gasteiger partial charge on any atom is 0.213 e. The minimum Gasteiger partial charge on any atom is -0.370 e. The number of nitrogens with two attached hydrogens (primary N) is 2. The smallest absolute Gasteiger partial charge is 0.213 e. The van der Waals surface area contributed by atoms with Crippen LogP contribution in [0.1, 0.15) is 0 Å². The maximum atomic E-state index is 11.2. The molecule has 4 atom stereocenters. The molecule has 0 aliphatic carbocycles. The number of amides is 2. The van der Waals surface area contributed by atoms with Crippen LogP contribution in [0.15, 0.2) is 9.98 Å². The summed E-state index contributed by atoms with van der Waals surface area (Å²) in [5.74, 6) is 0.362. The van der Waals surface area contributed by atoms with Gasteiger partial charge in [0, 0.05) is 0 Å². The molecule has 0 aromatic rings. The van der Waals surface area contributed by atoms with Crippen LogP contribution in [0.25, 0.3) is 0 Å². The van der Waals surface area contributed by atoms with Crippen LogP contribution < -0.4 is 22.1 Å². The Bertz CT molecular complexity index is 428. The van der Waals surface area contributed by atoms with Crippen LogP contribution in [0.4, 0.5) is 0 Å². The lowest BCUT2D eigenvalue weighted by molar-refractivity contribution is -0.143. The van der Waals surface area contributed by atoms with E-state index in [2.05, 4.69) is 20.6 Å². The van der Waals surface area contributed by atoms with E-state index in [4.69, 9.17) is 11.5 Å². The van der Waals surface area contributed by atoms with Gasteiger partial charge < -0.3 is 22.1 Å². The molecule has 0 bridgehead atoms. The third-order valence-electron chi connectivity index (χ3n) is 3.20. The predicted molar refractivity (Wildman–Crippen MR) is 60.5 cm³/mol. The van der Waals surface area contributed by atoms with E-state index in [-0.39, 0.29) is 11.9 Å². The third-order valence-corrected chi connectivity index (χ3v) is 3.20. The Labute approximate surface area is 102 Å². The second-order valence-electron chi connectivity index (χ2n) is 4.14. The van der Waals surface area contributed by atoms with Crippen molar-refractivity contribution in [1.82, 2.24) is 20.4 Å². The molecule has 4 unspecified atom stereocenters. The number of carbonyl (C=O) groups is 2. The van der Waals surface area contributed by atoms with Gasteiger partial charge >= 0.3 is 0 Å². The molecule has 0 aromatic carbocycles. The molecule has 1 fully saturated rings. The minimum atomic E-state index is -0.592. The molecule has 0 spiro atoms. The van der Waals surface area contributed by atoms with Crippen molar-refractivity contribution in [3.63, 3.8) is 0 Å². The molecule has 18 heavy (non-hydrogen) atoms. The van der Waals surface area contributed by atoms with Crippen molar-refractivity contribution in [3.8, 4) is 0 Å². The summed E-state index contributed by atoms with van der Waals surface area (Å²) in [7, 11) is 0. The predicted octanol–water partition coefficient (Wildman–Crippen LogP) is -3.94. The number of rotatable bonds is 2. The first-order chi connectivity index (χ1) is 8.65. The van der Waals surface area contributed by atoms with Crippen LogP contribution in [0, 0.1) is 0 Å². The summed E-state index contributed by atoms with van der Waals surface area (Å²) >= 11 is 0. The highest BCUT2D eigenvalue weighted by Crippen LogP contribution is 2.28. The molecule has 3 aliphatic heterocycles. The largest absolute Gasteiger partial charge is 0.370 e. The first-order valence-corrected chi connectivity index (χ1v) is 5.31. The molecule has 3 rings (SSSR count). The zero-order chi connectivity index (χ0) is 12.9. The number of fused-ring (bicyclic) bond motifs is 2. The van der Waals surface area contributed by atoms with Crippen LogP contribution in [0.5, 0.6) is 0 Å². The fourth-order valence-corrected chi connectivity index (χ4v) is 2.45.